The van der Waals surface area contributed by atoms with Crippen molar-refractivity contribution < 1.29 is 9.84 Å². The summed E-state index contributed by atoms with van der Waals surface area (Å²) in [6, 6.07) is 2.67. The molecule has 2 aliphatic rings. The molecule has 4 nitrogen and oxygen atoms in total. The van der Waals surface area contributed by atoms with E-state index in [-0.39, 0.29) is 6.10 Å². The molecular formula is C11H13N2O2+. The molecule has 0 saturated carbocycles. The molecule has 2 unspecified atom stereocenters. The van der Waals surface area contributed by atoms with Gasteiger partial charge in [0.25, 0.3) is 5.76 Å². The molecule has 4 heteroatoms. The third-order valence-electron chi connectivity index (χ3n) is 2.08. The van der Waals surface area contributed by atoms with Crippen molar-refractivity contribution in [2.24, 2.45) is 0 Å². The number of nitrogens with one attached hydrogen (secondary N) is 1. The molecule has 0 bridgehead atoms. The van der Waals surface area contributed by atoms with Gasteiger partial charge in [0, 0.05) is 6.42 Å². The Kier molecular flexibility index (Phi) is 3.05. The highest BCUT2D eigenvalue weighted by Crippen LogP contribution is 2.12. The van der Waals surface area contributed by atoms with E-state index in [2.05, 4.69) is 16.2 Å². The monoisotopic (exact) mass is 205 g/mol. The van der Waals surface area contributed by atoms with Gasteiger partial charge in [0.15, 0.2) is 0 Å². The molecule has 0 radical (unpaired) electrons. The highest BCUT2D eigenvalue weighted by Gasteiger charge is 2.17. The first-order valence-corrected chi connectivity index (χ1v) is 4.92. The van der Waals surface area contributed by atoms with Crippen LogP contribution in [0.5, 0.6) is 0 Å². The summed E-state index contributed by atoms with van der Waals surface area (Å²) >= 11 is 0. The van der Waals surface area contributed by atoms with E-state index in [4.69, 9.17) is 4.74 Å². The van der Waals surface area contributed by atoms with Crippen LogP contribution in [0.3, 0.4) is 0 Å². The fourth-order valence-electron chi connectivity index (χ4n) is 1.34. The van der Waals surface area contributed by atoms with Gasteiger partial charge in [-0.05, 0) is 10.9 Å². The van der Waals surface area contributed by atoms with E-state index in [1.807, 2.05) is 24.3 Å². The fourth-order valence-corrected chi connectivity index (χ4v) is 1.34. The number of β-amino-alcohol motifs (C(OH)–C–C–N with tert-alkyl or cyclic N) is 1. The standard InChI is InChI=1S/C11H12N2O2/c14-11-8-12-6-10(7-13-11)15-9-4-2-1-3-5-9/h1-4,6,9,11,14H,5,8H2/p+1. The summed E-state index contributed by atoms with van der Waals surface area (Å²) in [7, 11) is 0. The number of rotatable bonds is 2. The molecule has 15 heavy (non-hydrogen) atoms. The van der Waals surface area contributed by atoms with Crippen LogP contribution in [0.25, 0.3) is 4.85 Å². The lowest BCUT2D eigenvalue weighted by molar-refractivity contribution is 0.168. The Balaban J connectivity index is 1.96. The van der Waals surface area contributed by atoms with Crippen molar-refractivity contribution in [3.63, 3.8) is 0 Å². The first-order valence-electron chi connectivity index (χ1n) is 4.92. The zero-order valence-corrected chi connectivity index (χ0v) is 8.26. The van der Waals surface area contributed by atoms with Gasteiger partial charge in [-0.2, -0.15) is 0 Å². The third-order valence-corrected chi connectivity index (χ3v) is 2.08. The lowest BCUT2D eigenvalue weighted by Crippen LogP contribution is -2.19. The van der Waals surface area contributed by atoms with Crippen LogP contribution < -0.4 is 5.32 Å². The molecule has 0 spiro atoms. The molecule has 0 aromatic heterocycles. The van der Waals surface area contributed by atoms with Gasteiger partial charge in [-0.3, -0.25) is 0 Å². The minimum absolute atomic E-state index is 0.0287. The molecule has 0 saturated heterocycles. The van der Waals surface area contributed by atoms with E-state index in [1.165, 1.54) is 0 Å². The van der Waals surface area contributed by atoms with Crippen LogP contribution in [0.4, 0.5) is 0 Å². The molecule has 2 N–H and O–H groups in total. The number of ether oxygens (including phenoxy) is 1. The Morgan fingerprint density at radius 3 is 3.27 bits per heavy atom. The van der Waals surface area contributed by atoms with Crippen LogP contribution in [-0.4, -0.2) is 24.0 Å². The summed E-state index contributed by atoms with van der Waals surface area (Å²) in [6.07, 6.45) is 9.76. The predicted octanol–water partition coefficient (Wildman–Crippen LogP) is 0.984. The predicted molar refractivity (Wildman–Crippen MR) is 57.1 cm³/mol. The fraction of sp³-hybridized carbons (Fsp3) is 0.364. The Morgan fingerprint density at radius 1 is 1.53 bits per heavy atom. The highest BCUT2D eigenvalue weighted by atomic mass is 16.5. The minimum Gasteiger partial charge on any atom is -0.472 e. The van der Waals surface area contributed by atoms with E-state index in [0.717, 1.165) is 6.42 Å². The summed E-state index contributed by atoms with van der Waals surface area (Å²) in [4.78, 5) is 3.78. The van der Waals surface area contributed by atoms with Crippen molar-refractivity contribution in [3.05, 3.63) is 41.1 Å². The van der Waals surface area contributed by atoms with Crippen molar-refractivity contribution in [3.8, 4) is 6.07 Å². The van der Waals surface area contributed by atoms with Crippen molar-refractivity contribution in [1.29, 1.82) is 0 Å². The van der Waals surface area contributed by atoms with Gasteiger partial charge in [-0.15, -0.1) is 0 Å². The Bertz CT molecular complexity index is 374. The average molecular weight is 205 g/mol. The first-order chi connectivity index (χ1) is 7.34. The molecular weight excluding hydrogens is 192 g/mol. The summed E-state index contributed by atoms with van der Waals surface area (Å²) in [5.41, 5.74) is 0. The van der Waals surface area contributed by atoms with Crippen LogP contribution in [-0.2, 0) is 4.74 Å². The van der Waals surface area contributed by atoms with Crippen molar-refractivity contribution in [2.75, 3.05) is 6.54 Å². The van der Waals surface area contributed by atoms with Crippen LogP contribution in [0.1, 0.15) is 6.42 Å². The quantitative estimate of drug-likeness (QED) is 0.706. The van der Waals surface area contributed by atoms with Gasteiger partial charge in [0.2, 0.25) is 0 Å². The summed E-state index contributed by atoms with van der Waals surface area (Å²) in [5.74, 6) is 0.525. The second-order valence-electron chi connectivity index (χ2n) is 3.34. The molecule has 78 valence electrons. The van der Waals surface area contributed by atoms with Gasteiger partial charge >= 0.3 is 12.3 Å². The van der Waals surface area contributed by atoms with E-state index < -0.39 is 6.23 Å². The molecule has 0 aromatic carbocycles. The van der Waals surface area contributed by atoms with Crippen LogP contribution in [0, 0.1) is 6.07 Å². The Morgan fingerprint density at radius 2 is 2.47 bits per heavy atom. The second kappa shape index (κ2) is 4.67. The number of aliphatic hydroxyl groups is 1. The van der Waals surface area contributed by atoms with Crippen LogP contribution in [0.2, 0.25) is 0 Å². The summed E-state index contributed by atoms with van der Waals surface area (Å²) < 4.78 is 5.61. The molecule has 0 amide bonds. The second-order valence-corrected chi connectivity index (χ2v) is 3.34. The van der Waals surface area contributed by atoms with Gasteiger partial charge in [-0.1, -0.05) is 18.2 Å². The van der Waals surface area contributed by atoms with Crippen LogP contribution in [0.15, 0.2) is 36.3 Å². The Labute approximate surface area is 88.4 Å². The van der Waals surface area contributed by atoms with E-state index >= 15 is 0 Å². The zero-order chi connectivity index (χ0) is 10.5. The zero-order valence-electron chi connectivity index (χ0n) is 8.26. The van der Waals surface area contributed by atoms with Gasteiger partial charge < -0.3 is 15.2 Å². The van der Waals surface area contributed by atoms with E-state index in [0.29, 0.717) is 12.3 Å². The lowest BCUT2D eigenvalue weighted by atomic mass is 10.1. The third kappa shape index (κ3) is 2.86. The normalized spacial score (nSPS) is 28.2. The SMILES string of the molecule is OC1CNC=C(OC2C=CC=CC2)C#[N+]1. The lowest BCUT2D eigenvalue weighted by Gasteiger charge is -2.13. The number of aliphatic hydroxyl groups excluding tert-OH is 1. The number of hydrogen-bond donors (Lipinski definition) is 2. The smallest absolute Gasteiger partial charge is 0.391 e. The van der Waals surface area contributed by atoms with Crippen molar-refractivity contribution in [2.45, 2.75) is 18.8 Å². The molecule has 2 atom stereocenters. The topological polar surface area (TPSA) is 45.8 Å². The van der Waals surface area contributed by atoms with E-state index in [9.17, 15) is 5.11 Å². The molecule has 2 rings (SSSR count). The van der Waals surface area contributed by atoms with Crippen molar-refractivity contribution in [1.82, 2.24) is 5.32 Å². The molecule has 1 aliphatic carbocycles. The molecule has 1 heterocycles. The summed E-state index contributed by atoms with van der Waals surface area (Å²) in [6.45, 7) is 0.389. The van der Waals surface area contributed by atoms with Gasteiger partial charge in [0.1, 0.15) is 12.6 Å². The van der Waals surface area contributed by atoms with Crippen LogP contribution >= 0.6 is 0 Å². The Hall–Kier alpha value is -1.73. The average Bonchev–Trinajstić information content (AvgIpc) is 2.46. The molecule has 0 aromatic rings. The van der Waals surface area contributed by atoms with Gasteiger partial charge in [-0.25, -0.2) is 0 Å². The maximum absolute atomic E-state index is 9.21. The number of allylic oxidation sites excluding steroid dienone is 3. The molecule has 1 aliphatic heterocycles. The maximum Gasteiger partial charge on any atom is 0.391 e. The van der Waals surface area contributed by atoms with Gasteiger partial charge in [0.05, 0.1) is 6.20 Å². The summed E-state index contributed by atoms with van der Waals surface area (Å²) in [5, 5.41) is 12.1. The largest absolute Gasteiger partial charge is 0.472 e. The van der Waals surface area contributed by atoms with E-state index in [1.54, 1.807) is 6.20 Å². The number of hydrogen-bond acceptors (Lipinski definition) is 3. The maximum atomic E-state index is 9.21. The van der Waals surface area contributed by atoms with Crippen molar-refractivity contribution >= 4 is 0 Å². The first kappa shape index (κ1) is 9.81. The minimum atomic E-state index is -0.746. The number of nitrogens with zero attached hydrogens (tertiary/aromatic N) is 1. The molecule has 0 fully saturated rings. The highest BCUT2D eigenvalue weighted by molar-refractivity contribution is 5.22.